The van der Waals surface area contributed by atoms with Crippen LogP contribution in [0, 0.1) is 12.8 Å². The molecule has 0 spiro atoms. The number of carbonyl (C=O) groups excluding carboxylic acids is 1. The van der Waals surface area contributed by atoms with Crippen LogP contribution in [-0.4, -0.2) is 46.7 Å². The molecule has 0 saturated carbocycles. The van der Waals surface area contributed by atoms with Gasteiger partial charge in [-0.25, -0.2) is 4.98 Å². The summed E-state index contributed by atoms with van der Waals surface area (Å²) in [7, 11) is 0. The number of carboxylic acids is 1. The number of nitrogens with zero attached hydrogens (tertiary/aromatic N) is 2. The monoisotopic (exact) mass is 374 g/mol. The lowest BCUT2D eigenvalue weighted by atomic mass is 9.89. The maximum Gasteiger partial charge on any atom is 0.308 e. The Kier molecular flexibility index (Phi) is 4.28. The van der Waals surface area contributed by atoms with Gasteiger partial charge in [0.1, 0.15) is 0 Å². The lowest BCUT2D eigenvalue weighted by Gasteiger charge is -2.16. The Morgan fingerprint density at radius 1 is 1.31 bits per heavy atom. The van der Waals surface area contributed by atoms with E-state index in [1.807, 2.05) is 24.4 Å². The average molecular weight is 374 g/mol. The van der Waals surface area contributed by atoms with Gasteiger partial charge in [0.05, 0.1) is 23.0 Å². The van der Waals surface area contributed by atoms with Crippen molar-refractivity contribution in [2.24, 2.45) is 5.92 Å². The molecule has 2 atom stereocenters. The van der Waals surface area contributed by atoms with Crippen LogP contribution in [0.5, 0.6) is 11.5 Å². The zero-order chi connectivity index (χ0) is 18.3. The maximum atomic E-state index is 12.6. The van der Waals surface area contributed by atoms with Crippen LogP contribution < -0.4 is 9.47 Å². The largest absolute Gasteiger partial charge is 0.481 e. The molecule has 4 rings (SSSR count). The van der Waals surface area contributed by atoms with Crippen molar-refractivity contribution in [2.75, 3.05) is 19.9 Å². The zero-order valence-electron chi connectivity index (χ0n) is 14.2. The molecule has 8 heteroatoms. The number of hydrogen-bond acceptors (Lipinski definition) is 6. The normalized spacial score (nSPS) is 21.2. The lowest BCUT2D eigenvalue weighted by molar-refractivity contribution is -0.141. The molecule has 1 fully saturated rings. The van der Waals surface area contributed by atoms with Gasteiger partial charge in [0.2, 0.25) is 12.7 Å². The van der Waals surface area contributed by atoms with E-state index in [9.17, 15) is 14.7 Å². The van der Waals surface area contributed by atoms with E-state index in [1.165, 1.54) is 11.3 Å². The minimum absolute atomic E-state index is 0.0928. The van der Waals surface area contributed by atoms with Gasteiger partial charge in [-0.3, -0.25) is 9.59 Å². The molecule has 1 saturated heterocycles. The molecule has 0 bridgehead atoms. The Morgan fingerprint density at radius 3 is 2.85 bits per heavy atom. The van der Waals surface area contributed by atoms with Crippen molar-refractivity contribution in [3.05, 3.63) is 39.8 Å². The maximum absolute atomic E-state index is 12.6. The molecule has 26 heavy (non-hydrogen) atoms. The summed E-state index contributed by atoms with van der Waals surface area (Å²) in [6, 6.07) is 5.46. The number of hydrogen-bond donors (Lipinski definition) is 1. The highest BCUT2D eigenvalue weighted by molar-refractivity contribution is 7.09. The molecule has 1 aromatic carbocycles. The van der Waals surface area contributed by atoms with Gasteiger partial charge in [-0.05, 0) is 24.6 Å². The fourth-order valence-corrected chi connectivity index (χ4v) is 4.11. The number of aryl methyl sites for hydroxylation is 1. The zero-order valence-corrected chi connectivity index (χ0v) is 15.0. The highest BCUT2D eigenvalue weighted by Gasteiger charge is 2.40. The van der Waals surface area contributed by atoms with Crippen LogP contribution in [0.25, 0.3) is 0 Å². The number of fused-ring (bicyclic) bond motifs is 1. The second kappa shape index (κ2) is 6.60. The van der Waals surface area contributed by atoms with Crippen molar-refractivity contribution < 1.29 is 24.2 Å². The quantitative estimate of drug-likeness (QED) is 0.881. The molecule has 2 aliphatic rings. The fraction of sp³-hybridized carbons (Fsp3) is 0.389. The molecule has 0 aliphatic carbocycles. The highest BCUT2D eigenvalue weighted by Crippen LogP contribution is 2.39. The van der Waals surface area contributed by atoms with Gasteiger partial charge in [-0.2, -0.15) is 0 Å². The Morgan fingerprint density at radius 2 is 2.12 bits per heavy atom. The van der Waals surface area contributed by atoms with Gasteiger partial charge < -0.3 is 19.5 Å². The van der Waals surface area contributed by atoms with Crippen LogP contribution >= 0.6 is 11.3 Å². The molecule has 2 aliphatic heterocycles. The van der Waals surface area contributed by atoms with Crippen LogP contribution in [0.2, 0.25) is 0 Å². The molecular formula is C18H18N2O5S. The number of benzene rings is 1. The Hall–Kier alpha value is -2.61. The molecule has 7 nitrogen and oxygen atoms in total. The van der Waals surface area contributed by atoms with E-state index in [4.69, 9.17) is 9.47 Å². The number of thiazole rings is 1. The third kappa shape index (κ3) is 3.12. The molecule has 0 radical (unpaired) electrons. The number of aliphatic carboxylic acids is 1. The van der Waals surface area contributed by atoms with Crippen molar-refractivity contribution in [3.63, 3.8) is 0 Å². The summed E-state index contributed by atoms with van der Waals surface area (Å²) in [6.07, 6.45) is 0.199. The first-order chi connectivity index (χ1) is 12.5. The summed E-state index contributed by atoms with van der Waals surface area (Å²) in [6.45, 7) is 2.64. The number of amides is 1. The van der Waals surface area contributed by atoms with Crippen LogP contribution in [-0.2, 0) is 16.0 Å². The second-order valence-corrected chi connectivity index (χ2v) is 7.56. The van der Waals surface area contributed by atoms with Crippen LogP contribution in [0.15, 0.2) is 23.6 Å². The fourth-order valence-electron chi connectivity index (χ4n) is 3.50. The van der Waals surface area contributed by atoms with Gasteiger partial charge in [-0.1, -0.05) is 6.07 Å². The van der Waals surface area contributed by atoms with E-state index < -0.39 is 11.9 Å². The van der Waals surface area contributed by atoms with Crippen molar-refractivity contribution in [3.8, 4) is 11.5 Å². The van der Waals surface area contributed by atoms with E-state index in [1.54, 1.807) is 11.0 Å². The smallest absolute Gasteiger partial charge is 0.308 e. The van der Waals surface area contributed by atoms with Crippen molar-refractivity contribution in [1.82, 2.24) is 9.88 Å². The third-order valence-corrected chi connectivity index (χ3v) is 5.64. The van der Waals surface area contributed by atoms with Gasteiger partial charge in [-0.15, -0.1) is 11.3 Å². The molecule has 1 N–H and O–H groups in total. The van der Waals surface area contributed by atoms with Gasteiger partial charge >= 0.3 is 5.97 Å². The molecule has 136 valence electrons. The first-order valence-corrected chi connectivity index (χ1v) is 9.20. The minimum atomic E-state index is -0.896. The highest BCUT2D eigenvalue weighted by atomic mass is 32.1. The summed E-state index contributed by atoms with van der Waals surface area (Å²) in [4.78, 5) is 30.3. The lowest BCUT2D eigenvalue weighted by Crippen LogP contribution is -2.31. The number of carbonyl (C=O) groups is 2. The average Bonchev–Trinajstić information content (AvgIpc) is 3.32. The number of rotatable bonds is 4. The molecule has 1 aromatic heterocycles. The minimum Gasteiger partial charge on any atom is -0.481 e. The molecule has 0 unspecified atom stereocenters. The van der Waals surface area contributed by atoms with Crippen molar-refractivity contribution >= 4 is 23.2 Å². The number of likely N-dealkylation sites (tertiary alicyclic amines) is 1. The number of ether oxygens (including phenoxy) is 2. The van der Waals surface area contributed by atoms with E-state index in [-0.39, 0.29) is 31.6 Å². The van der Waals surface area contributed by atoms with Crippen molar-refractivity contribution in [2.45, 2.75) is 19.3 Å². The summed E-state index contributed by atoms with van der Waals surface area (Å²) in [5, 5.41) is 12.4. The molecular weight excluding hydrogens is 356 g/mol. The first kappa shape index (κ1) is 16.8. The van der Waals surface area contributed by atoms with Crippen LogP contribution in [0.4, 0.5) is 0 Å². The predicted octanol–water partition coefficient (Wildman–Crippen LogP) is 2.05. The first-order valence-electron chi connectivity index (χ1n) is 8.32. The second-order valence-electron chi connectivity index (χ2n) is 6.50. The molecule has 1 amide bonds. The number of aromatic nitrogens is 1. The van der Waals surface area contributed by atoms with Gasteiger partial charge in [0.15, 0.2) is 11.5 Å². The van der Waals surface area contributed by atoms with E-state index >= 15 is 0 Å². The Bertz CT molecular complexity index is 865. The predicted molar refractivity (Wildman–Crippen MR) is 93.6 cm³/mol. The Labute approximate surface area is 154 Å². The van der Waals surface area contributed by atoms with Gasteiger partial charge in [0.25, 0.3) is 0 Å². The van der Waals surface area contributed by atoms with Crippen LogP contribution in [0.3, 0.4) is 0 Å². The summed E-state index contributed by atoms with van der Waals surface area (Å²) in [5.74, 6) is -0.628. The van der Waals surface area contributed by atoms with Crippen molar-refractivity contribution in [1.29, 1.82) is 0 Å². The van der Waals surface area contributed by atoms with E-state index in [0.29, 0.717) is 18.0 Å². The standard InChI is InChI=1S/C18H18N2O5S/c1-10-19-12(8-26-10)5-17(21)20-6-13(14(7-20)18(22)23)11-2-3-15-16(4-11)25-9-24-15/h2-4,8,13-14H,5-7,9H2,1H3,(H,22,23)/t13-,14+/m0/s1. The summed E-state index contributed by atoms with van der Waals surface area (Å²) >= 11 is 1.50. The topological polar surface area (TPSA) is 89.0 Å². The molecule has 3 heterocycles. The van der Waals surface area contributed by atoms with Gasteiger partial charge in [0, 0.05) is 24.4 Å². The third-order valence-electron chi connectivity index (χ3n) is 4.81. The summed E-state index contributed by atoms with van der Waals surface area (Å²) in [5.41, 5.74) is 1.58. The Balaban J connectivity index is 1.53. The molecule has 2 aromatic rings. The van der Waals surface area contributed by atoms with Crippen LogP contribution in [0.1, 0.15) is 22.2 Å². The van der Waals surface area contributed by atoms with E-state index in [2.05, 4.69) is 4.98 Å². The van der Waals surface area contributed by atoms with E-state index in [0.717, 1.165) is 16.3 Å². The number of carboxylic acid groups (broad SMARTS) is 1. The summed E-state index contributed by atoms with van der Waals surface area (Å²) < 4.78 is 10.7. The SMILES string of the molecule is Cc1nc(CC(=O)N2C[C@@H](C(=O)O)[C@H](c3ccc4c(c3)OCO4)C2)cs1.